The summed E-state index contributed by atoms with van der Waals surface area (Å²) in [6, 6.07) is 14.5. The highest BCUT2D eigenvalue weighted by Crippen LogP contribution is 2.41. The highest BCUT2D eigenvalue weighted by molar-refractivity contribution is 6.22. The molecule has 0 N–H and O–H groups in total. The molecule has 0 radical (unpaired) electrons. The monoisotopic (exact) mass is 486 g/mol. The van der Waals surface area contributed by atoms with E-state index in [0.717, 1.165) is 11.1 Å². The summed E-state index contributed by atoms with van der Waals surface area (Å²) in [5.74, 6) is -1.70. The third kappa shape index (κ3) is 4.23. The molecule has 3 aliphatic rings. The van der Waals surface area contributed by atoms with Gasteiger partial charge in [0.2, 0.25) is 17.7 Å². The number of hydrogen-bond acceptors (Lipinski definition) is 5. The van der Waals surface area contributed by atoms with Gasteiger partial charge in [0.15, 0.2) is 0 Å². The second-order valence-electron chi connectivity index (χ2n) is 10.1. The molecule has 2 aromatic rings. The van der Waals surface area contributed by atoms with Crippen molar-refractivity contribution < 1.29 is 23.9 Å². The van der Waals surface area contributed by atoms with Crippen molar-refractivity contribution in [2.24, 2.45) is 17.8 Å². The van der Waals surface area contributed by atoms with Crippen molar-refractivity contribution in [1.29, 1.82) is 0 Å². The van der Waals surface area contributed by atoms with Gasteiger partial charge in [-0.1, -0.05) is 42.0 Å². The lowest BCUT2D eigenvalue weighted by Gasteiger charge is -2.25. The van der Waals surface area contributed by atoms with Crippen molar-refractivity contribution >= 4 is 29.4 Å². The van der Waals surface area contributed by atoms with E-state index in [1.54, 1.807) is 30.0 Å². The molecule has 3 amide bonds. The van der Waals surface area contributed by atoms with Crippen LogP contribution in [0.5, 0.6) is 5.75 Å². The molecule has 7 heteroatoms. The van der Waals surface area contributed by atoms with Crippen LogP contribution in [0.4, 0.5) is 5.69 Å². The van der Waals surface area contributed by atoms with Gasteiger partial charge in [0, 0.05) is 13.0 Å². The highest BCUT2D eigenvalue weighted by Gasteiger charge is 2.49. The number of rotatable bonds is 5. The molecule has 7 nitrogen and oxygen atoms in total. The van der Waals surface area contributed by atoms with Crippen LogP contribution in [0.3, 0.4) is 0 Å². The number of nitrogens with zero attached hydrogens (tertiary/aromatic N) is 2. The van der Waals surface area contributed by atoms with Gasteiger partial charge in [-0.25, -0.2) is 4.90 Å². The van der Waals surface area contributed by atoms with Crippen LogP contribution >= 0.6 is 0 Å². The third-order valence-electron chi connectivity index (χ3n) is 7.69. The number of benzene rings is 2. The van der Waals surface area contributed by atoms with Gasteiger partial charge in [0.25, 0.3) is 0 Å². The van der Waals surface area contributed by atoms with Gasteiger partial charge >= 0.3 is 5.97 Å². The number of esters is 1. The summed E-state index contributed by atoms with van der Waals surface area (Å²) < 4.78 is 5.63. The van der Waals surface area contributed by atoms with E-state index < -0.39 is 11.9 Å². The number of carbonyl (C=O) groups excluding carboxylic acids is 4. The third-order valence-corrected chi connectivity index (χ3v) is 7.69. The minimum atomic E-state index is -0.552. The molecule has 0 unspecified atom stereocenters. The van der Waals surface area contributed by atoms with E-state index in [-0.39, 0.29) is 42.0 Å². The number of aryl methyl sites for hydroxylation is 1. The smallest absolute Gasteiger partial charge is 0.316 e. The van der Waals surface area contributed by atoms with E-state index in [2.05, 4.69) is 0 Å². The predicted molar refractivity (Wildman–Crippen MR) is 134 cm³/mol. The molecule has 1 aliphatic carbocycles. The SMILES string of the molecule is CC1=CC[C@@H]2C(=O)N(c3ccc(OC(=O)[C@@H]4CC(=O)N([C@H](C)c5ccccc5)C4)cc3C)C(=O)[C@H]2C1. The average Bonchev–Trinajstić information content (AvgIpc) is 3.37. The first-order valence-corrected chi connectivity index (χ1v) is 12.4. The van der Waals surface area contributed by atoms with Crippen LogP contribution in [0.1, 0.15) is 50.3 Å². The fraction of sp³-hybridized carbons (Fsp3) is 0.379. The first-order chi connectivity index (χ1) is 17.2. The number of imide groups is 1. The van der Waals surface area contributed by atoms with Gasteiger partial charge in [-0.05, 0) is 62.9 Å². The lowest BCUT2D eigenvalue weighted by atomic mass is 9.82. The number of amides is 3. The summed E-state index contributed by atoms with van der Waals surface area (Å²) in [4.78, 5) is 54.6. The van der Waals surface area contributed by atoms with Crippen LogP contribution in [0.2, 0.25) is 0 Å². The zero-order chi connectivity index (χ0) is 25.6. The van der Waals surface area contributed by atoms with E-state index in [4.69, 9.17) is 4.74 Å². The highest BCUT2D eigenvalue weighted by atomic mass is 16.5. The average molecular weight is 487 g/mol. The Morgan fingerprint density at radius 3 is 2.42 bits per heavy atom. The Kier molecular flexibility index (Phi) is 6.24. The molecule has 2 aromatic carbocycles. The zero-order valence-electron chi connectivity index (χ0n) is 20.8. The van der Waals surface area contributed by atoms with E-state index >= 15 is 0 Å². The molecular weight excluding hydrogens is 456 g/mol. The Morgan fingerprint density at radius 1 is 0.972 bits per heavy atom. The Balaban J connectivity index is 1.26. The minimum absolute atomic E-state index is 0.0721. The normalized spacial score (nSPS) is 24.6. The number of allylic oxidation sites excluding steroid dienone is 2. The van der Waals surface area contributed by atoms with Crippen molar-refractivity contribution in [3.05, 3.63) is 71.3 Å². The maximum absolute atomic E-state index is 13.1. The number of hydrogen-bond donors (Lipinski definition) is 0. The van der Waals surface area contributed by atoms with Gasteiger partial charge in [-0.2, -0.15) is 0 Å². The maximum Gasteiger partial charge on any atom is 0.316 e. The maximum atomic E-state index is 13.1. The molecule has 0 bridgehead atoms. The first-order valence-electron chi connectivity index (χ1n) is 12.4. The Morgan fingerprint density at radius 2 is 1.69 bits per heavy atom. The van der Waals surface area contributed by atoms with Crippen molar-refractivity contribution in [1.82, 2.24) is 4.90 Å². The summed E-state index contributed by atoms with van der Waals surface area (Å²) >= 11 is 0. The Bertz CT molecular complexity index is 1270. The fourth-order valence-electron chi connectivity index (χ4n) is 5.59. The van der Waals surface area contributed by atoms with Gasteiger partial charge in [0.05, 0.1) is 29.5 Å². The van der Waals surface area contributed by atoms with E-state index in [9.17, 15) is 19.2 Å². The molecular formula is C29H30N2O5. The molecule has 2 heterocycles. The van der Waals surface area contributed by atoms with Crippen LogP contribution in [0, 0.1) is 24.7 Å². The van der Waals surface area contributed by atoms with E-state index in [1.807, 2.05) is 50.3 Å². The van der Waals surface area contributed by atoms with Crippen LogP contribution in [0.15, 0.2) is 60.2 Å². The van der Waals surface area contributed by atoms with Gasteiger partial charge in [-0.15, -0.1) is 0 Å². The molecule has 36 heavy (non-hydrogen) atoms. The van der Waals surface area contributed by atoms with Gasteiger partial charge in [0.1, 0.15) is 5.75 Å². The summed E-state index contributed by atoms with van der Waals surface area (Å²) in [7, 11) is 0. The van der Waals surface area contributed by atoms with Crippen molar-refractivity contribution in [2.45, 2.75) is 46.1 Å². The second kappa shape index (κ2) is 9.37. The summed E-state index contributed by atoms with van der Waals surface area (Å²) in [6.45, 7) is 6.04. The molecule has 186 valence electrons. The van der Waals surface area contributed by atoms with Crippen LogP contribution in [0.25, 0.3) is 0 Å². The molecule has 2 saturated heterocycles. The predicted octanol–water partition coefficient (Wildman–Crippen LogP) is 4.36. The van der Waals surface area contributed by atoms with E-state index in [1.165, 1.54) is 4.90 Å². The molecule has 0 aromatic heterocycles. The Labute approximate surface area is 210 Å². The topological polar surface area (TPSA) is 84.0 Å². The summed E-state index contributed by atoms with van der Waals surface area (Å²) in [5, 5.41) is 0. The van der Waals surface area contributed by atoms with Crippen molar-refractivity contribution in [2.75, 3.05) is 11.4 Å². The lowest BCUT2D eigenvalue weighted by molar-refractivity contribution is -0.139. The molecule has 5 rings (SSSR count). The lowest BCUT2D eigenvalue weighted by Crippen LogP contribution is -2.31. The number of anilines is 1. The van der Waals surface area contributed by atoms with Crippen LogP contribution in [-0.4, -0.2) is 35.1 Å². The Hall–Kier alpha value is -3.74. The van der Waals surface area contributed by atoms with E-state index in [0.29, 0.717) is 36.4 Å². The van der Waals surface area contributed by atoms with Crippen LogP contribution in [-0.2, 0) is 19.2 Å². The van der Waals surface area contributed by atoms with Gasteiger partial charge < -0.3 is 9.64 Å². The summed E-state index contributed by atoms with van der Waals surface area (Å²) in [6.07, 6.45) is 3.35. The number of carbonyl (C=O) groups is 4. The fourth-order valence-corrected chi connectivity index (χ4v) is 5.59. The molecule has 4 atom stereocenters. The quantitative estimate of drug-likeness (QED) is 0.271. The first kappa shape index (κ1) is 24.0. The zero-order valence-corrected chi connectivity index (χ0v) is 20.8. The number of likely N-dealkylation sites (tertiary alicyclic amines) is 1. The minimum Gasteiger partial charge on any atom is -0.426 e. The van der Waals surface area contributed by atoms with Crippen molar-refractivity contribution in [3.63, 3.8) is 0 Å². The summed E-state index contributed by atoms with van der Waals surface area (Å²) in [5.41, 5.74) is 3.35. The molecule has 0 spiro atoms. The molecule has 0 saturated carbocycles. The van der Waals surface area contributed by atoms with Crippen LogP contribution < -0.4 is 9.64 Å². The van der Waals surface area contributed by atoms with Crippen molar-refractivity contribution in [3.8, 4) is 5.75 Å². The number of fused-ring (bicyclic) bond motifs is 1. The second-order valence-corrected chi connectivity index (χ2v) is 10.1. The van der Waals surface area contributed by atoms with Gasteiger partial charge in [-0.3, -0.25) is 19.2 Å². The largest absolute Gasteiger partial charge is 0.426 e. The standard InChI is InChI=1S/C29H30N2O5/c1-17-9-11-23-24(13-17)28(34)31(27(23)33)25-12-10-22(14-18(25)2)36-29(35)21-15-26(32)30(16-21)19(3)20-7-5-4-6-8-20/h4-10,12,14,19,21,23-24H,11,13,15-16H2,1-3H3/t19-,21-,23+,24+/m1/s1. The molecule has 2 fully saturated rings. The molecule has 2 aliphatic heterocycles. The number of ether oxygens (including phenoxy) is 1.